The van der Waals surface area contributed by atoms with E-state index in [1.807, 2.05) is 6.92 Å². The molecule has 1 aliphatic carbocycles. The second-order valence-corrected chi connectivity index (χ2v) is 7.20. The van der Waals surface area contributed by atoms with Crippen molar-refractivity contribution in [3.63, 3.8) is 0 Å². The van der Waals surface area contributed by atoms with Crippen LogP contribution in [0.25, 0.3) is 0 Å². The summed E-state index contributed by atoms with van der Waals surface area (Å²) in [6.45, 7) is 4.87. The van der Waals surface area contributed by atoms with Crippen LogP contribution in [-0.2, 0) is 10.0 Å². The van der Waals surface area contributed by atoms with E-state index in [9.17, 15) is 8.42 Å². The minimum Gasteiger partial charge on any atom is -0.314 e. The number of nitrogens with zero attached hydrogens (tertiary/aromatic N) is 1. The molecule has 1 atom stereocenters. The molecule has 1 aliphatic rings. The van der Waals surface area contributed by atoms with Gasteiger partial charge < -0.3 is 5.32 Å². The Kier molecular flexibility index (Phi) is 5.89. The smallest absolute Gasteiger partial charge is 0.214 e. The van der Waals surface area contributed by atoms with Gasteiger partial charge in [-0.25, -0.2) is 12.7 Å². The van der Waals surface area contributed by atoms with Crippen LogP contribution in [0.4, 0.5) is 0 Å². The monoisotopic (exact) mass is 262 g/mol. The number of nitrogens with one attached hydrogen (secondary N) is 1. The predicted octanol–water partition coefficient (Wildman–Crippen LogP) is 1.58. The van der Waals surface area contributed by atoms with Crippen LogP contribution >= 0.6 is 0 Å². The molecule has 0 bridgehead atoms. The number of rotatable bonds is 9. The molecule has 5 heteroatoms. The van der Waals surface area contributed by atoms with Gasteiger partial charge in [-0.15, -0.1) is 0 Å². The van der Waals surface area contributed by atoms with Gasteiger partial charge in [-0.1, -0.05) is 13.3 Å². The van der Waals surface area contributed by atoms with Crippen LogP contribution < -0.4 is 5.32 Å². The second kappa shape index (κ2) is 6.71. The maximum absolute atomic E-state index is 12.0. The van der Waals surface area contributed by atoms with E-state index in [-0.39, 0.29) is 11.8 Å². The molecule has 0 heterocycles. The molecule has 0 aromatic carbocycles. The Morgan fingerprint density at radius 1 is 1.41 bits per heavy atom. The van der Waals surface area contributed by atoms with Gasteiger partial charge in [0, 0.05) is 19.1 Å². The first-order chi connectivity index (χ1) is 7.97. The summed E-state index contributed by atoms with van der Waals surface area (Å²) in [6, 6.07) is 0.774. The SMILES string of the molecule is CCCC(C)N(C)S(=O)(=O)CCCNC1CC1. The molecule has 4 nitrogen and oxygen atoms in total. The normalized spacial score (nSPS) is 18.6. The lowest BCUT2D eigenvalue weighted by atomic mass is 10.2. The lowest BCUT2D eigenvalue weighted by molar-refractivity contribution is 0.368. The molecular weight excluding hydrogens is 236 g/mol. The summed E-state index contributed by atoms with van der Waals surface area (Å²) in [6.07, 6.45) is 5.16. The van der Waals surface area contributed by atoms with Crippen molar-refractivity contribution in [3.8, 4) is 0 Å². The van der Waals surface area contributed by atoms with Crippen molar-refractivity contribution in [1.82, 2.24) is 9.62 Å². The molecule has 0 saturated heterocycles. The molecule has 17 heavy (non-hydrogen) atoms. The zero-order chi connectivity index (χ0) is 12.9. The van der Waals surface area contributed by atoms with Crippen molar-refractivity contribution in [3.05, 3.63) is 0 Å². The first-order valence-corrected chi connectivity index (χ1v) is 8.27. The van der Waals surface area contributed by atoms with E-state index in [0.717, 1.165) is 19.4 Å². The minimum absolute atomic E-state index is 0.112. The van der Waals surface area contributed by atoms with Crippen molar-refractivity contribution >= 4 is 10.0 Å². The van der Waals surface area contributed by atoms with Gasteiger partial charge in [-0.2, -0.15) is 0 Å². The zero-order valence-corrected chi connectivity index (χ0v) is 12.1. The van der Waals surface area contributed by atoms with Crippen molar-refractivity contribution in [2.75, 3.05) is 19.3 Å². The lowest BCUT2D eigenvalue weighted by Gasteiger charge is -2.23. The summed E-state index contributed by atoms with van der Waals surface area (Å²) >= 11 is 0. The molecule has 0 radical (unpaired) electrons. The van der Waals surface area contributed by atoms with Crippen LogP contribution in [0.3, 0.4) is 0 Å². The molecule has 0 aromatic rings. The summed E-state index contributed by atoms with van der Waals surface area (Å²) in [4.78, 5) is 0. The van der Waals surface area contributed by atoms with Crippen molar-refractivity contribution < 1.29 is 8.42 Å². The van der Waals surface area contributed by atoms with E-state index < -0.39 is 10.0 Å². The van der Waals surface area contributed by atoms with E-state index in [0.29, 0.717) is 12.5 Å². The maximum Gasteiger partial charge on any atom is 0.214 e. The molecular formula is C12H26N2O2S. The van der Waals surface area contributed by atoms with Gasteiger partial charge in [0.1, 0.15) is 0 Å². The van der Waals surface area contributed by atoms with E-state index >= 15 is 0 Å². The van der Waals surface area contributed by atoms with Crippen LogP contribution in [-0.4, -0.2) is 44.2 Å². The van der Waals surface area contributed by atoms with E-state index in [4.69, 9.17) is 0 Å². The fourth-order valence-corrected chi connectivity index (χ4v) is 3.32. The molecule has 1 saturated carbocycles. The standard InChI is InChI=1S/C12H26N2O2S/c1-4-6-11(2)14(3)17(15,16)10-5-9-13-12-7-8-12/h11-13H,4-10H2,1-3H3. The Hall–Kier alpha value is -0.130. The second-order valence-electron chi connectivity index (χ2n) is 5.05. The Balaban J connectivity index is 2.26. The highest BCUT2D eigenvalue weighted by Crippen LogP contribution is 2.18. The summed E-state index contributed by atoms with van der Waals surface area (Å²) < 4.78 is 25.5. The Bertz CT molecular complexity index is 312. The number of hydrogen-bond donors (Lipinski definition) is 1. The van der Waals surface area contributed by atoms with E-state index in [2.05, 4.69) is 12.2 Å². The first kappa shape index (κ1) is 14.9. The highest BCUT2D eigenvalue weighted by molar-refractivity contribution is 7.89. The Labute approximate surface area is 106 Å². The van der Waals surface area contributed by atoms with Gasteiger partial charge in [-0.3, -0.25) is 0 Å². The number of hydrogen-bond acceptors (Lipinski definition) is 3. The average Bonchev–Trinajstić information content (AvgIpc) is 3.07. The molecule has 0 amide bonds. The van der Waals surface area contributed by atoms with Gasteiger partial charge in [0.15, 0.2) is 0 Å². The summed E-state index contributed by atoms with van der Waals surface area (Å²) in [5, 5.41) is 3.34. The fourth-order valence-electron chi connectivity index (χ4n) is 1.87. The lowest BCUT2D eigenvalue weighted by Crippen LogP contribution is -2.37. The molecule has 0 aliphatic heterocycles. The summed E-state index contributed by atoms with van der Waals surface area (Å²) in [7, 11) is -1.37. The van der Waals surface area contributed by atoms with Gasteiger partial charge in [-0.05, 0) is 39.2 Å². The third kappa shape index (κ3) is 5.36. The maximum atomic E-state index is 12.0. The predicted molar refractivity (Wildman–Crippen MR) is 71.6 cm³/mol. The Morgan fingerprint density at radius 3 is 2.59 bits per heavy atom. The summed E-state index contributed by atoms with van der Waals surface area (Å²) in [5.74, 6) is 0.261. The molecule has 0 aromatic heterocycles. The van der Waals surface area contributed by atoms with Gasteiger partial charge in [0.2, 0.25) is 10.0 Å². The highest BCUT2D eigenvalue weighted by atomic mass is 32.2. The molecule has 102 valence electrons. The van der Waals surface area contributed by atoms with Crippen LogP contribution in [0, 0.1) is 0 Å². The highest BCUT2D eigenvalue weighted by Gasteiger charge is 2.23. The average molecular weight is 262 g/mol. The van der Waals surface area contributed by atoms with Crippen LogP contribution in [0.1, 0.15) is 46.0 Å². The fraction of sp³-hybridized carbons (Fsp3) is 1.00. The molecule has 1 N–H and O–H groups in total. The topological polar surface area (TPSA) is 49.4 Å². The van der Waals surface area contributed by atoms with Crippen LogP contribution in [0.2, 0.25) is 0 Å². The molecule has 1 rings (SSSR count). The van der Waals surface area contributed by atoms with Gasteiger partial charge in [0.05, 0.1) is 5.75 Å². The van der Waals surface area contributed by atoms with E-state index in [1.54, 1.807) is 7.05 Å². The minimum atomic E-state index is -3.07. The van der Waals surface area contributed by atoms with Crippen LogP contribution in [0.15, 0.2) is 0 Å². The molecule has 1 fully saturated rings. The quantitative estimate of drug-likeness (QED) is 0.642. The van der Waals surface area contributed by atoms with Gasteiger partial charge in [0.25, 0.3) is 0 Å². The largest absolute Gasteiger partial charge is 0.314 e. The molecule has 1 unspecified atom stereocenters. The summed E-state index contributed by atoms with van der Waals surface area (Å²) in [5.41, 5.74) is 0. The van der Waals surface area contributed by atoms with Crippen molar-refractivity contribution in [1.29, 1.82) is 0 Å². The first-order valence-electron chi connectivity index (χ1n) is 6.66. The Morgan fingerprint density at radius 2 is 2.06 bits per heavy atom. The van der Waals surface area contributed by atoms with Crippen molar-refractivity contribution in [2.45, 2.75) is 58.0 Å². The third-order valence-corrected chi connectivity index (χ3v) is 5.40. The van der Waals surface area contributed by atoms with Gasteiger partial charge >= 0.3 is 0 Å². The molecule has 0 spiro atoms. The zero-order valence-electron chi connectivity index (χ0n) is 11.3. The van der Waals surface area contributed by atoms with E-state index in [1.165, 1.54) is 17.1 Å². The van der Waals surface area contributed by atoms with Crippen LogP contribution in [0.5, 0.6) is 0 Å². The number of sulfonamides is 1. The third-order valence-electron chi connectivity index (χ3n) is 3.36. The van der Waals surface area contributed by atoms with Crippen molar-refractivity contribution in [2.24, 2.45) is 0 Å².